The molecule has 160 valence electrons. The second-order valence-electron chi connectivity index (χ2n) is 9.62. The highest BCUT2D eigenvalue weighted by atomic mass is 19.1. The van der Waals surface area contributed by atoms with Gasteiger partial charge in [-0.15, -0.1) is 0 Å². The number of hydrogen-bond donors (Lipinski definition) is 2. The number of para-hydroxylation sites is 1. The molecular weight excluding hydrogens is 391 g/mol. The molecule has 0 radical (unpaired) electrons. The zero-order valence-electron chi connectivity index (χ0n) is 18.6. The van der Waals surface area contributed by atoms with E-state index in [4.69, 9.17) is 0 Å². The third kappa shape index (κ3) is 2.96. The molecule has 0 bridgehead atoms. The van der Waals surface area contributed by atoms with Crippen LogP contribution in [0.4, 0.5) is 10.2 Å². The summed E-state index contributed by atoms with van der Waals surface area (Å²) < 4.78 is 16.6. The molecule has 0 saturated heterocycles. The number of aromatic nitrogens is 3. The first-order valence-electron chi connectivity index (χ1n) is 10.7. The minimum Gasteiger partial charge on any atom is -0.342 e. The Labute approximate surface area is 181 Å². The summed E-state index contributed by atoms with van der Waals surface area (Å²) >= 11 is 0. The van der Waals surface area contributed by atoms with Crippen molar-refractivity contribution in [2.75, 3.05) is 5.32 Å². The highest BCUT2D eigenvalue weighted by Crippen LogP contribution is 2.50. The summed E-state index contributed by atoms with van der Waals surface area (Å²) in [5.41, 5.74) is 7.04. The molecule has 3 heterocycles. The van der Waals surface area contributed by atoms with Gasteiger partial charge in [0, 0.05) is 46.3 Å². The Morgan fingerprint density at radius 1 is 1.16 bits per heavy atom. The lowest BCUT2D eigenvalue weighted by Crippen LogP contribution is -2.34. The molecule has 3 aromatic rings. The zero-order chi connectivity index (χ0) is 22.1. The highest BCUT2D eigenvalue weighted by Gasteiger charge is 2.43. The maximum absolute atomic E-state index is 14.6. The number of ketones is 1. The molecule has 6 heteroatoms. The van der Waals surface area contributed by atoms with Crippen molar-refractivity contribution >= 4 is 11.6 Å². The van der Waals surface area contributed by atoms with Gasteiger partial charge in [-0.1, -0.05) is 26.0 Å². The van der Waals surface area contributed by atoms with Crippen LogP contribution in [0.2, 0.25) is 0 Å². The molecular formula is C25H27FN4O. The predicted molar refractivity (Wildman–Crippen MR) is 119 cm³/mol. The molecule has 2 aliphatic rings. The summed E-state index contributed by atoms with van der Waals surface area (Å²) in [4.78, 5) is 13.4. The first-order valence-corrected chi connectivity index (χ1v) is 10.7. The molecule has 1 atom stereocenters. The minimum atomic E-state index is -0.267. The monoisotopic (exact) mass is 418 g/mol. The van der Waals surface area contributed by atoms with E-state index >= 15 is 0 Å². The molecule has 2 aromatic heterocycles. The van der Waals surface area contributed by atoms with Crippen LogP contribution >= 0.6 is 0 Å². The number of fused-ring (bicyclic) bond motifs is 1. The lowest BCUT2D eigenvalue weighted by atomic mass is 9.69. The van der Waals surface area contributed by atoms with Crippen LogP contribution in [0.25, 0.3) is 5.69 Å². The second-order valence-corrected chi connectivity index (χ2v) is 9.62. The van der Waals surface area contributed by atoms with Crippen molar-refractivity contribution in [2.24, 2.45) is 5.41 Å². The number of benzene rings is 1. The Morgan fingerprint density at radius 3 is 2.65 bits per heavy atom. The van der Waals surface area contributed by atoms with Gasteiger partial charge in [0.15, 0.2) is 11.6 Å². The van der Waals surface area contributed by atoms with E-state index in [1.54, 1.807) is 12.1 Å². The number of carbonyl (C=O) groups is 1. The van der Waals surface area contributed by atoms with Gasteiger partial charge in [0.05, 0.1) is 5.69 Å². The van der Waals surface area contributed by atoms with E-state index < -0.39 is 0 Å². The van der Waals surface area contributed by atoms with E-state index in [0.717, 1.165) is 51.7 Å². The number of anilines is 1. The average molecular weight is 419 g/mol. The number of carbonyl (C=O) groups excluding carboxylic acids is 1. The van der Waals surface area contributed by atoms with Crippen molar-refractivity contribution in [3.63, 3.8) is 0 Å². The second kappa shape index (κ2) is 6.67. The van der Waals surface area contributed by atoms with E-state index in [2.05, 4.69) is 35.4 Å². The van der Waals surface area contributed by atoms with Crippen LogP contribution < -0.4 is 5.32 Å². The van der Waals surface area contributed by atoms with Crippen LogP contribution in [0.1, 0.15) is 60.8 Å². The molecule has 5 nitrogen and oxygen atoms in total. The Bertz CT molecular complexity index is 1260. The Morgan fingerprint density at radius 2 is 1.90 bits per heavy atom. The fourth-order valence-electron chi connectivity index (χ4n) is 5.35. The summed E-state index contributed by atoms with van der Waals surface area (Å²) in [5.74, 6) is 0.463. The first kappa shape index (κ1) is 19.8. The molecule has 0 spiro atoms. The quantitative estimate of drug-likeness (QED) is 0.580. The van der Waals surface area contributed by atoms with Gasteiger partial charge in [0.25, 0.3) is 0 Å². The maximum Gasteiger partial charge on any atom is 0.162 e. The number of allylic oxidation sites excluding steroid dienone is 2. The van der Waals surface area contributed by atoms with Gasteiger partial charge in [0.1, 0.15) is 5.82 Å². The number of aromatic amines is 1. The molecule has 1 aliphatic carbocycles. The fraction of sp³-hybridized carbons (Fsp3) is 0.360. The number of hydrogen-bond acceptors (Lipinski definition) is 3. The number of nitrogens with zero attached hydrogens (tertiary/aromatic N) is 2. The molecule has 1 aromatic carbocycles. The Balaban J connectivity index is 1.75. The summed E-state index contributed by atoms with van der Waals surface area (Å²) in [6, 6.07) is 8.89. The molecule has 5 rings (SSSR count). The summed E-state index contributed by atoms with van der Waals surface area (Å²) in [6.45, 7) is 10.2. The molecule has 0 amide bonds. The van der Waals surface area contributed by atoms with Gasteiger partial charge in [-0.3, -0.25) is 9.89 Å². The topological polar surface area (TPSA) is 62.7 Å². The third-order valence-electron chi connectivity index (χ3n) is 6.64. The molecule has 0 unspecified atom stereocenters. The molecule has 1 aliphatic heterocycles. The van der Waals surface area contributed by atoms with Gasteiger partial charge >= 0.3 is 0 Å². The van der Waals surface area contributed by atoms with E-state index in [-0.39, 0.29) is 22.9 Å². The molecule has 2 N–H and O–H groups in total. The van der Waals surface area contributed by atoms with Gasteiger partial charge in [0.2, 0.25) is 0 Å². The van der Waals surface area contributed by atoms with Gasteiger partial charge in [-0.05, 0) is 56.4 Å². The van der Waals surface area contributed by atoms with Crippen LogP contribution in [-0.2, 0) is 4.79 Å². The van der Waals surface area contributed by atoms with E-state index in [0.29, 0.717) is 12.1 Å². The van der Waals surface area contributed by atoms with E-state index in [1.807, 2.05) is 31.4 Å². The number of H-pyrrole nitrogens is 1. The predicted octanol–water partition coefficient (Wildman–Crippen LogP) is 5.47. The average Bonchev–Trinajstić information content (AvgIpc) is 3.19. The molecule has 0 saturated carbocycles. The van der Waals surface area contributed by atoms with Gasteiger partial charge in [-0.2, -0.15) is 5.10 Å². The smallest absolute Gasteiger partial charge is 0.162 e. The number of rotatable bonds is 2. The normalized spacial score (nSPS) is 19.8. The van der Waals surface area contributed by atoms with Crippen LogP contribution in [0.3, 0.4) is 0 Å². The van der Waals surface area contributed by atoms with Crippen LogP contribution in [0, 0.1) is 32.0 Å². The number of aryl methyl sites for hydroxylation is 2. The molecule has 31 heavy (non-hydrogen) atoms. The lowest BCUT2D eigenvalue weighted by molar-refractivity contribution is -0.118. The number of nitrogens with one attached hydrogen (secondary N) is 2. The fourth-order valence-corrected chi connectivity index (χ4v) is 5.35. The third-order valence-corrected chi connectivity index (χ3v) is 6.64. The summed E-state index contributed by atoms with van der Waals surface area (Å²) in [6.07, 6.45) is 1.31. The van der Waals surface area contributed by atoms with Crippen LogP contribution in [-0.4, -0.2) is 20.5 Å². The maximum atomic E-state index is 14.6. The summed E-state index contributed by atoms with van der Waals surface area (Å²) in [5, 5.41) is 11.0. The van der Waals surface area contributed by atoms with Crippen LogP contribution in [0.5, 0.6) is 0 Å². The van der Waals surface area contributed by atoms with Crippen molar-refractivity contribution < 1.29 is 9.18 Å². The zero-order valence-corrected chi connectivity index (χ0v) is 18.6. The Kier molecular flexibility index (Phi) is 4.26. The minimum absolute atomic E-state index is 0.0968. The van der Waals surface area contributed by atoms with E-state index in [9.17, 15) is 9.18 Å². The van der Waals surface area contributed by atoms with Crippen molar-refractivity contribution in [2.45, 2.75) is 53.4 Å². The van der Waals surface area contributed by atoms with Crippen molar-refractivity contribution in [1.29, 1.82) is 0 Å². The SMILES string of the molecule is Cc1[nH]nc2c1[C@H](c1cc(C)n(-c3ccccc3F)c1C)C1=C(CC(C)(C)CC1=O)N2. The molecule has 0 fully saturated rings. The van der Waals surface area contributed by atoms with Crippen molar-refractivity contribution in [3.05, 3.63) is 75.6 Å². The number of halogens is 1. The largest absolute Gasteiger partial charge is 0.342 e. The van der Waals surface area contributed by atoms with E-state index in [1.165, 1.54) is 6.07 Å². The summed E-state index contributed by atoms with van der Waals surface area (Å²) in [7, 11) is 0. The van der Waals surface area contributed by atoms with Gasteiger partial charge in [-0.25, -0.2) is 4.39 Å². The first-order chi connectivity index (χ1) is 14.7. The lowest BCUT2D eigenvalue weighted by Gasteiger charge is -2.38. The van der Waals surface area contributed by atoms with Crippen molar-refractivity contribution in [1.82, 2.24) is 14.8 Å². The van der Waals surface area contributed by atoms with Gasteiger partial charge < -0.3 is 9.88 Å². The number of Topliss-reactive ketones (excluding diaryl/α,β-unsaturated/α-hetero) is 1. The van der Waals surface area contributed by atoms with Crippen LogP contribution in [0.15, 0.2) is 41.6 Å². The highest BCUT2D eigenvalue weighted by molar-refractivity contribution is 6.01. The standard InChI is InChI=1S/C25H27FN4O/c1-13-10-16(15(3)30(13)19-9-7-6-8-17(19)26)22-21-14(2)28-29-24(21)27-18-11-25(4,5)12-20(31)23(18)22/h6-10,22H,11-12H2,1-5H3,(H2,27,28,29)/t22-/m0/s1. The van der Waals surface area contributed by atoms with Crippen molar-refractivity contribution in [3.8, 4) is 5.69 Å². The Hall–Kier alpha value is -3.15.